The first kappa shape index (κ1) is 14.8. The molecule has 1 N–H and O–H groups in total. The molecule has 0 saturated carbocycles. The van der Waals surface area contributed by atoms with Crippen LogP contribution < -0.4 is 0 Å². The van der Waals surface area contributed by atoms with Gasteiger partial charge < -0.3 is 14.4 Å². The Morgan fingerprint density at radius 3 is 2.95 bits per heavy atom. The topological polar surface area (TPSA) is 83.6 Å². The molecule has 0 radical (unpaired) electrons. The minimum Gasteiger partial charge on any atom is -0.480 e. The standard InChI is InChI=1S/C15H16N2O4S/c1-9-12(16-13(22-9)11-6-4-8-21-11)14(18)17-7-3-2-5-10(17)15(19)20/h4,6,8,10H,2-3,5,7H2,1H3,(H,19,20)/t10-/m1/s1. The summed E-state index contributed by atoms with van der Waals surface area (Å²) in [5.74, 6) is -0.647. The minimum atomic E-state index is -0.952. The van der Waals surface area contributed by atoms with E-state index in [4.69, 9.17) is 4.42 Å². The number of nitrogens with zero attached hydrogens (tertiary/aromatic N) is 2. The van der Waals surface area contributed by atoms with Gasteiger partial charge in [-0.25, -0.2) is 9.78 Å². The van der Waals surface area contributed by atoms with Crippen molar-refractivity contribution in [3.8, 4) is 10.8 Å². The van der Waals surface area contributed by atoms with Gasteiger partial charge in [-0.05, 0) is 38.3 Å². The van der Waals surface area contributed by atoms with Gasteiger partial charge in [0.25, 0.3) is 5.91 Å². The Labute approximate surface area is 131 Å². The number of furan rings is 1. The quantitative estimate of drug-likeness (QED) is 0.940. The second-order valence-corrected chi connectivity index (χ2v) is 6.45. The minimum absolute atomic E-state index is 0.307. The zero-order valence-electron chi connectivity index (χ0n) is 12.1. The first-order valence-electron chi connectivity index (χ1n) is 7.13. The summed E-state index contributed by atoms with van der Waals surface area (Å²) in [6, 6.07) is 2.79. The van der Waals surface area contributed by atoms with E-state index in [0.29, 0.717) is 29.4 Å². The Kier molecular flexibility index (Phi) is 3.98. The average molecular weight is 320 g/mol. The molecule has 1 fully saturated rings. The van der Waals surface area contributed by atoms with E-state index in [1.54, 1.807) is 18.4 Å². The van der Waals surface area contributed by atoms with Crippen LogP contribution in [0.1, 0.15) is 34.6 Å². The van der Waals surface area contributed by atoms with Crippen LogP contribution in [-0.4, -0.2) is 39.5 Å². The highest BCUT2D eigenvalue weighted by Gasteiger charge is 2.34. The van der Waals surface area contributed by atoms with E-state index in [1.807, 2.05) is 6.92 Å². The summed E-state index contributed by atoms with van der Waals surface area (Å²) in [7, 11) is 0. The molecule has 1 aliphatic rings. The maximum absolute atomic E-state index is 12.7. The van der Waals surface area contributed by atoms with Gasteiger partial charge in [-0.15, -0.1) is 11.3 Å². The highest BCUT2D eigenvalue weighted by molar-refractivity contribution is 7.15. The lowest BCUT2D eigenvalue weighted by molar-refractivity contribution is -0.143. The summed E-state index contributed by atoms with van der Waals surface area (Å²) in [6.07, 6.45) is 3.70. The van der Waals surface area contributed by atoms with E-state index >= 15 is 0 Å². The van der Waals surface area contributed by atoms with Crippen molar-refractivity contribution >= 4 is 23.2 Å². The first-order chi connectivity index (χ1) is 10.6. The number of aliphatic carboxylic acids is 1. The van der Waals surface area contributed by atoms with Crippen molar-refractivity contribution in [3.05, 3.63) is 29.0 Å². The van der Waals surface area contributed by atoms with Crippen LogP contribution >= 0.6 is 11.3 Å². The molecule has 7 heteroatoms. The fraction of sp³-hybridized carbons (Fsp3) is 0.400. The number of hydrogen-bond acceptors (Lipinski definition) is 5. The van der Waals surface area contributed by atoms with Gasteiger partial charge in [0.2, 0.25) is 0 Å². The summed E-state index contributed by atoms with van der Waals surface area (Å²) < 4.78 is 5.30. The van der Waals surface area contributed by atoms with Crippen molar-refractivity contribution < 1.29 is 19.1 Å². The number of carboxylic acid groups (broad SMARTS) is 1. The van der Waals surface area contributed by atoms with Crippen LogP contribution in [-0.2, 0) is 4.79 Å². The molecule has 1 aliphatic heterocycles. The number of piperidine rings is 1. The molecule has 3 heterocycles. The number of carbonyl (C=O) groups excluding carboxylic acids is 1. The van der Waals surface area contributed by atoms with E-state index in [2.05, 4.69) is 4.98 Å². The smallest absolute Gasteiger partial charge is 0.326 e. The summed E-state index contributed by atoms with van der Waals surface area (Å²) in [4.78, 5) is 30.6. The highest BCUT2D eigenvalue weighted by atomic mass is 32.1. The van der Waals surface area contributed by atoms with Crippen LogP contribution in [0.5, 0.6) is 0 Å². The summed E-state index contributed by atoms with van der Waals surface area (Å²) in [5.41, 5.74) is 0.324. The summed E-state index contributed by atoms with van der Waals surface area (Å²) in [5, 5.41) is 9.94. The lowest BCUT2D eigenvalue weighted by atomic mass is 10.0. The molecular weight excluding hydrogens is 304 g/mol. The largest absolute Gasteiger partial charge is 0.480 e. The number of aryl methyl sites for hydroxylation is 1. The molecule has 22 heavy (non-hydrogen) atoms. The van der Waals surface area contributed by atoms with Crippen LogP contribution in [0.3, 0.4) is 0 Å². The van der Waals surface area contributed by atoms with Crippen LogP contribution in [0.2, 0.25) is 0 Å². The molecule has 1 atom stereocenters. The van der Waals surface area contributed by atoms with Crippen LogP contribution in [0, 0.1) is 6.92 Å². The van der Waals surface area contributed by atoms with Crippen molar-refractivity contribution in [2.24, 2.45) is 0 Å². The third-order valence-electron chi connectivity index (χ3n) is 3.78. The highest BCUT2D eigenvalue weighted by Crippen LogP contribution is 2.29. The predicted molar refractivity (Wildman–Crippen MR) is 80.9 cm³/mol. The van der Waals surface area contributed by atoms with E-state index in [1.165, 1.54) is 16.2 Å². The number of hydrogen-bond donors (Lipinski definition) is 1. The molecular formula is C15H16N2O4S. The Morgan fingerprint density at radius 1 is 1.45 bits per heavy atom. The first-order valence-corrected chi connectivity index (χ1v) is 7.94. The van der Waals surface area contributed by atoms with Crippen LogP contribution in [0.15, 0.2) is 22.8 Å². The maximum atomic E-state index is 12.7. The van der Waals surface area contributed by atoms with Gasteiger partial charge in [-0.3, -0.25) is 4.79 Å². The Morgan fingerprint density at radius 2 is 2.27 bits per heavy atom. The molecule has 1 saturated heterocycles. The number of rotatable bonds is 3. The molecule has 1 amide bonds. The number of aromatic nitrogens is 1. The molecule has 0 spiro atoms. The van der Waals surface area contributed by atoms with Crippen molar-refractivity contribution in [1.82, 2.24) is 9.88 Å². The summed E-state index contributed by atoms with van der Waals surface area (Å²) >= 11 is 1.37. The molecule has 2 aromatic heterocycles. The lowest BCUT2D eigenvalue weighted by Crippen LogP contribution is -2.48. The van der Waals surface area contributed by atoms with Crippen LogP contribution in [0.4, 0.5) is 0 Å². The van der Waals surface area contributed by atoms with Gasteiger partial charge in [0, 0.05) is 11.4 Å². The normalized spacial score (nSPS) is 18.4. The third-order valence-corrected chi connectivity index (χ3v) is 4.77. The van der Waals surface area contributed by atoms with Gasteiger partial charge in [0.15, 0.2) is 10.8 Å². The second kappa shape index (κ2) is 5.92. The van der Waals surface area contributed by atoms with Gasteiger partial charge in [-0.1, -0.05) is 0 Å². The van der Waals surface area contributed by atoms with Crippen molar-refractivity contribution in [3.63, 3.8) is 0 Å². The number of amides is 1. The molecule has 116 valence electrons. The number of thiazole rings is 1. The molecule has 2 aromatic rings. The van der Waals surface area contributed by atoms with Crippen molar-refractivity contribution in [1.29, 1.82) is 0 Å². The summed E-state index contributed by atoms with van der Waals surface area (Å²) in [6.45, 7) is 2.28. The van der Waals surface area contributed by atoms with E-state index < -0.39 is 12.0 Å². The number of likely N-dealkylation sites (tertiary alicyclic amines) is 1. The second-order valence-electron chi connectivity index (χ2n) is 5.25. The fourth-order valence-electron chi connectivity index (χ4n) is 2.67. The Balaban J connectivity index is 1.90. The third kappa shape index (κ3) is 2.64. The van der Waals surface area contributed by atoms with Gasteiger partial charge >= 0.3 is 5.97 Å². The Bertz CT molecular complexity index is 692. The number of carboxylic acids is 1. The van der Waals surface area contributed by atoms with Crippen LogP contribution in [0.25, 0.3) is 10.8 Å². The zero-order valence-corrected chi connectivity index (χ0v) is 12.9. The van der Waals surface area contributed by atoms with E-state index in [-0.39, 0.29) is 5.91 Å². The van der Waals surface area contributed by atoms with Gasteiger partial charge in [0.1, 0.15) is 11.7 Å². The molecule has 0 bridgehead atoms. The molecule has 0 aliphatic carbocycles. The zero-order chi connectivity index (χ0) is 15.7. The lowest BCUT2D eigenvalue weighted by Gasteiger charge is -2.32. The molecule has 0 aromatic carbocycles. The molecule has 3 rings (SSSR count). The predicted octanol–water partition coefficient (Wildman–Crippen LogP) is 2.79. The fourth-order valence-corrected chi connectivity index (χ4v) is 3.54. The number of carbonyl (C=O) groups is 2. The SMILES string of the molecule is Cc1sc(-c2ccco2)nc1C(=O)N1CCCC[C@@H]1C(=O)O. The monoisotopic (exact) mass is 320 g/mol. The molecule has 6 nitrogen and oxygen atoms in total. The maximum Gasteiger partial charge on any atom is 0.326 e. The van der Waals surface area contributed by atoms with E-state index in [0.717, 1.165) is 17.7 Å². The van der Waals surface area contributed by atoms with E-state index in [9.17, 15) is 14.7 Å². The van der Waals surface area contributed by atoms with Crippen molar-refractivity contribution in [2.45, 2.75) is 32.2 Å². The van der Waals surface area contributed by atoms with Gasteiger partial charge in [0.05, 0.1) is 6.26 Å². The molecule has 0 unspecified atom stereocenters. The van der Waals surface area contributed by atoms with Gasteiger partial charge in [-0.2, -0.15) is 0 Å². The Hall–Kier alpha value is -2.15. The van der Waals surface area contributed by atoms with Crippen molar-refractivity contribution in [2.75, 3.05) is 6.54 Å². The average Bonchev–Trinajstić information content (AvgIpc) is 3.15.